The number of nitro groups is 1. The highest BCUT2D eigenvalue weighted by molar-refractivity contribution is 7.99. The Morgan fingerprint density at radius 1 is 1.17 bits per heavy atom. The second kappa shape index (κ2) is 7.58. The molecule has 2 aromatic carbocycles. The van der Waals surface area contributed by atoms with Crippen molar-refractivity contribution in [3.05, 3.63) is 64.2 Å². The molecule has 0 aliphatic carbocycles. The van der Waals surface area contributed by atoms with Crippen molar-refractivity contribution in [3.8, 4) is 0 Å². The van der Waals surface area contributed by atoms with Gasteiger partial charge < -0.3 is 0 Å². The number of sulfonamides is 1. The molecular formula is C15H16N2O4S2. The minimum Gasteiger partial charge on any atom is -0.258 e. The third-order valence-corrected chi connectivity index (χ3v) is 5.69. The lowest BCUT2D eigenvalue weighted by molar-refractivity contribution is -0.385. The molecule has 0 saturated heterocycles. The molecule has 0 spiro atoms. The number of hydrogen-bond acceptors (Lipinski definition) is 5. The Balaban J connectivity index is 2.01. The molecule has 0 unspecified atom stereocenters. The fourth-order valence-electron chi connectivity index (χ4n) is 1.93. The molecule has 2 rings (SSSR count). The summed E-state index contributed by atoms with van der Waals surface area (Å²) in [6.45, 7) is 1.85. The van der Waals surface area contributed by atoms with E-state index in [1.807, 2.05) is 30.3 Å². The number of nitrogens with one attached hydrogen (secondary N) is 1. The number of nitro benzene ring substituents is 1. The number of hydrogen-bond donors (Lipinski definition) is 1. The first-order valence-corrected chi connectivity index (χ1v) is 9.29. The molecule has 0 aromatic heterocycles. The average Bonchev–Trinajstić information content (AvgIpc) is 2.52. The van der Waals surface area contributed by atoms with E-state index in [4.69, 9.17) is 0 Å². The highest BCUT2D eigenvalue weighted by Gasteiger charge is 2.19. The maximum absolute atomic E-state index is 12.3. The Labute approximate surface area is 139 Å². The molecule has 0 fully saturated rings. The van der Waals surface area contributed by atoms with Crippen LogP contribution in [0.3, 0.4) is 0 Å². The lowest BCUT2D eigenvalue weighted by atomic mass is 10.2. The van der Waals surface area contributed by atoms with Crippen LogP contribution in [0.4, 0.5) is 5.69 Å². The second-order valence-corrected chi connectivity index (χ2v) is 7.67. The van der Waals surface area contributed by atoms with Crippen molar-refractivity contribution < 1.29 is 13.3 Å². The van der Waals surface area contributed by atoms with Gasteiger partial charge in [-0.2, -0.15) is 0 Å². The zero-order valence-corrected chi connectivity index (χ0v) is 14.1. The van der Waals surface area contributed by atoms with Crippen LogP contribution in [-0.4, -0.2) is 25.6 Å². The lowest BCUT2D eigenvalue weighted by Gasteiger charge is -2.09. The molecule has 122 valence electrons. The molecule has 0 atom stereocenters. The van der Waals surface area contributed by atoms with Gasteiger partial charge in [0.1, 0.15) is 0 Å². The van der Waals surface area contributed by atoms with E-state index in [1.54, 1.807) is 6.92 Å². The van der Waals surface area contributed by atoms with E-state index in [-0.39, 0.29) is 17.1 Å². The van der Waals surface area contributed by atoms with E-state index in [0.717, 1.165) is 11.0 Å². The Morgan fingerprint density at radius 3 is 2.52 bits per heavy atom. The summed E-state index contributed by atoms with van der Waals surface area (Å²) in [5.41, 5.74) is 0.230. The number of benzene rings is 2. The fraction of sp³-hybridized carbons (Fsp3) is 0.200. The monoisotopic (exact) mass is 352 g/mol. The van der Waals surface area contributed by atoms with Crippen molar-refractivity contribution in [2.24, 2.45) is 0 Å². The highest BCUT2D eigenvalue weighted by Crippen LogP contribution is 2.22. The molecule has 0 radical (unpaired) electrons. The van der Waals surface area contributed by atoms with Crippen molar-refractivity contribution in [1.29, 1.82) is 0 Å². The van der Waals surface area contributed by atoms with Gasteiger partial charge in [0.05, 0.1) is 9.82 Å². The number of aryl methyl sites for hydroxylation is 1. The highest BCUT2D eigenvalue weighted by atomic mass is 32.2. The van der Waals surface area contributed by atoms with Gasteiger partial charge in [-0.15, -0.1) is 11.8 Å². The molecule has 0 aliphatic heterocycles. The molecule has 0 heterocycles. The van der Waals surface area contributed by atoms with Gasteiger partial charge in [0.25, 0.3) is 5.69 Å². The Hall–Kier alpha value is -1.90. The van der Waals surface area contributed by atoms with Crippen LogP contribution >= 0.6 is 11.8 Å². The van der Waals surface area contributed by atoms with Gasteiger partial charge in [0.15, 0.2) is 0 Å². The Bertz CT molecular complexity index is 792. The number of non-ortho nitro benzene ring substituents is 1. The maximum Gasteiger partial charge on any atom is 0.270 e. The summed E-state index contributed by atoms with van der Waals surface area (Å²) in [6, 6.07) is 13.5. The molecular weight excluding hydrogens is 336 g/mol. The third-order valence-electron chi connectivity index (χ3n) is 3.08. The second-order valence-electron chi connectivity index (χ2n) is 4.77. The number of rotatable bonds is 7. The van der Waals surface area contributed by atoms with E-state index < -0.39 is 14.9 Å². The van der Waals surface area contributed by atoms with Crippen molar-refractivity contribution in [2.75, 3.05) is 12.3 Å². The van der Waals surface area contributed by atoms with Crippen LogP contribution in [0.25, 0.3) is 0 Å². The van der Waals surface area contributed by atoms with Gasteiger partial charge in [-0.1, -0.05) is 24.3 Å². The summed E-state index contributed by atoms with van der Waals surface area (Å²) in [4.78, 5) is 11.2. The van der Waals surface area contributed by atoms with Crippen LogP contribution in [0, 0.1) is 17.0 Å². The number of nitrogens with zero attached hydrogens (tertiary/aromatic N) is 1. The van der Waals surface area contributed by atoms with Crippen LogP contribution in [0.5, 0.6) is 0 Å². The zero-order valence-electron chi connectivity index (χ0n) is 12.4. The molecule has 0 aliphatic rings. The van der Waals surface area contributed by atoms with E-state index in [9.17, 15) is 18.5 Å². The summed E-state index contributed by atoms with van der Waals surface area (Å²) in [7, 11) is -3.77. The third kappa shape index (κ3) is 4.78. The van der Waals surface area contributed by atoms with Gasteiger partial charge in [-0.3, -0.25) is 10.1 Å². The van der Waals surface area contributed by atoms with Crippen molar-refractivity contribution in [3.63, 3.8) is 0 Å². The molecule has 6 nitrogen and oxygen atoms in total. The van der Waals surface area contributed by atoms with Gasteiger partial charge in [-0.05, 0) is 24.6 Å². The van der Waals surface area contributed by atoms with Crippen molar-refractivity contribution in [2.45, 2.75) is 16.7 Å². The van der Waals surface area contributed by atoms with Crippen LogP contribution < -0.4 is 4.72 Å². The van der Waals surface area contributed by atoms with Gasteiger partial charge in [0, 0.05) is 29.3 Å². The zero-order chi connectivity index (χ0) is 16.9. The summed E-state index contributed by atoms with van der Waals surface area (Å²) >= 11 is 1.53. The minimum absolute atomic E-state index is 0.0589. The van der Waals surface area contributed by atoms with E-state index in [1.165, 1.54) is 23.9 Å². The first-order chi connectivity index (χ1) is 10.9. The fourth-order valence-corrected chi connectivity index (χ4v) is 4.14. The van der Waals surface area contributed by atoms with Gasteiger partial charge in [-0.25, -0.2) is 13.1 Å². The SMILES string of the molecule is Cc1ccc([N+](=O)[O-])cc1S(=O)(=O)NCCSc1ccccc1. The molecule has 0 bridgehead atoms. The minimum atomic E-state index is -3.77. The predicted octanol–water partition coefficient (Wildman–Crippen LogP) is 2.97. The van der Waals surface area contributed by atoms with Crippen LogP contribution in [0.1, 0.15) is 5.56 Å². The molecule has 8 heteroatoms. The Morgan fingerprint density at radius 2 is 1.87 bits per heavy atom. The average molecular weight is 352 g/mol. The molecule has 23 heavy (non-hydrogen) atoms. The van der Waals surface area contributed by atoms with Crippen LogP contribution in [-0.2, 0) is 10.0 Å². The summed E-state index contributed by atoms with van der Waals surface area (Å²) in [6.07, 6.45) is 0. The van der Waals surface area contributed by atoms with Crippen LogP contribution in [0.2, 0.25) is 0 Å². The summed E-state index contributed by atoms with van der Waals surface area (Å²) in [5.74, 6) is 0.567. The largest absolute Gasteiger partial charge is 0.270 e. The maximum atomic E-state index is 12.3. The van der Waals surface area contributed by atoms with Crippen molar-refractivity contribution >= 4 is 27.5 Å². The number of thioether (sulfide) groups is 1. The smallest absolute Gasteiger partial charge is 0.258 e. The first kappa shape index (κ1) is 17.5. The van der Waals surface area contributed by atoms with E-state index in [2.05, 4.69) is 4.72 Å². The van der Waals surface area contributed by atoms with Gasteiger partial charge >= 0.3 is 0 Å². The Kier molecular flexibility index (Phi) is 5.75. The quantitative estimate of drug-likeness (QED) is 0.358. The molecule has 0 amide bonds. The van der Waals surface area contributed by atoms with Crippen molar-refractivity contribution in [1.82, 2.24) is 4.72 Å². The topological polar surface area (TPSA) is 89.3 Å². The lowest BCUT2D eigenvalue weighted by Crippen LogP contribution is -2.26. The molecule has 2 aromatic rings. The normalized spacial score (nSPS) is 11.3. The van der Waals surface area contributed by atoms with E-state index in [0.29, 0.717) is 11.3 Å². The van der Waals surface area contributed by atoms with E-state index >= 15 is 0 Å². The predicted molar refractivity (Wildman–Crippen MR) is 90.2 cm³/mol. The summed E-state index contributed by atoms with van der Waals surface area (Å²) in [5, 5.41) is 10.8. The van der Waals surface area contributed by atoms with Crippen LogP contribution in [0.15, 0.2) is 58.3 Å². The molecule has 1 N–H and O–H groups in total. The van der Waals surface area contributed by atoms with Gasteiger partial charge in [0.2, 0.25) is 10.0 Å². The first-order valence-electron chi connectivity index (χ1n) is 6.83. The summed E-state index contributed by atoms with van der Waals surface area (Å²) < 4.78 is 27.1. The molecule has 0 saturated carbocycles. The standard InChI is InChI=1S/C15H16N2O4S2/c1-12-7-8-13(17(18)19)11-15(12)23(20,21)16-9-10-22-14-5-3-2-4-6-14/h2-8,11,16H,9-10H2,1H3.